The van der Waals surface area contributed by atoms with Gasteiger partial charge >= 0.3 is 22.2 Å². The smallest absolute Gasteiger partial charge is 0.423 e. The average Bonchev–Trinajstić information content (AvgIpc) is 3.27. The fraction of sp³-hybridized carbons (Fsp3) is 0.700. The number of carbonyl (C=O) groups is 3. The van der Waals surface area contributed by atoms with Gasteiger partial charge in [0.1, 0.15) is 19.8 Å². The van der Waals surface area contributed by atoms with Crippen LogP contribution in [0.3, 0.4) is 0 Å². The molecule has 0 radical (unpaired) electrons. The second kappa shape index (κ2) is 6.62. The fourth-order valence-electron chi connectivity index (χ4n) is 2.60. The van der Waals surface area contributed by atoms with Crippen LogP contribution >= 0.6 is 0 Å². The highest BCUT2D eigenvalue weighted by molar-refractivity contribution is 8.22. The normalized spacial score (nSPS) is 21.3. The Balaban J connectivity index is 2.18. The number of sulfonamides is 3. The van der Waals surface area contributed by atoms with Gasteiger partial charge in [-0.3, -0.25) is 0 Å². The van der Waals surface area contributed by atoms with Crippen LogP contribution in [0.2, 0.25) is 0 Å². The zero-order chi connectivity index (χ0) is 20.9. The number of hydrogen-bond donors (Lipinski definition) is 0. The van der Waals surface area contributed by atoms with E-state index in [0.29, 0.717) is 0 Å². The summed E-state index contributed by atoms with van der Waals surface area (Å²) in [5.74, 6) is 0. The molecule has 0 N–H and O–H groups in total. The van der Waals surface area contributed by atoms with Crippen LogP contribution in [0.4, 0.5) is 14.4 Å². The van der Waals surface area contributed by atoms with E-state index in [4.69, 9.17) is 0 Å². The van der Waals surface area contributed by atoms with Gasteiger partial charge < -0.3 is 14.2 Å². The maximum Gasteiger partial charge on any atom is 0.423 e. The molecule has 0 aromatic carbocycles. The van der Waals surface area contributed by atoms with Crippen molar-refractivity contribution >= 4 is 48.3 Å². The average molecular weight is 463 g/mol. The molecule has 3 amide bonds. The molecular formula is C10H13N3O12S3. The molecule has 18 heteroatoms. The van der Waals surface area contributed by atoms with Crippen molar-refractivity contribution in [2.24, 2.45) is 0 Å². The third-order valence-corrected chi connectivity index (χ3v) is 12.5. The first-order chi connectivity index (χ1) is 12.9. The van der Waals surface area contributed by atoms with Crippen molar-refractivity contribution in [2.75, 3.05) is 39.5 Å². The summed E-state index contributed by atoms with van der Waals surface area (Å²) in [5.41, 5.74) is 0. The Morgan fingerprint density at radius 2 is 0.821 bits per heavy atom. The van der Waals surface area contributed by atoms with Crippen LogP contribution in [-0.2, 0) is 44.3 Å². The Kier molecular flexibility index (Phi) is 4.82. The maximum atomic E-state index is 12.9. The zero-order valence-corrected chi connectivity index (χ0v) is 16.2. The monoisotopic (exact) mass is 463 g/mol. The summed E-state index contributed by atoms with van der Waals surface area (Å²) in [5, 5.41) is 0. The molecule has 3 heterocycles. The first-order valence-electron chi connectivity index (χ1n) is 7.47. The summed E-state index contributed by atoms with van der Waals surface area (Å²) in [7, 11) is -16.5. The summed E-state index contributed by atoms with van der Waals surface area (Å²) in [4.78, 5) is 35.0. The molecule has 0 aromatic rings. The zero-order valence-electron chi connectivity index (χ0n) is 13.8. The first-order valence-corrected chi connectivity index (χ1v) is 12.0. The van der Waals surface area contributed by atoms with Crippen molar-refractivity contribution in [1.82, 2.24) is 12.9 Å². The van der Waals surface area contributed by atoms with E-state index >= 15 is 0 Å². The number of carbonyl (C=O) groups excluding carboxylic acids is 3. The van der Waals surface area contributed by atoms with Crippen LogP contribution in [0.25, 0.3) is 0 Å². The summed E-state index contributed by atoms with van der Waals surface area (Å²) in [6.45, 7) is -3.29. The Morgan fingerprint density at radius 1 is 0.571 bits per heavy atom. The van der Waals surface area contributed by atoms with E-state index in [-0.39, 0.29) is 12.9 Å². The van der Waals surface area contributed by atoms with Crippen molar-refractivity contribution in [3.05, 3.63) is 0 Å². The molecule has 28 heavy (non-hydrogen) atoms. The lowest BCUT2D eigenvalue weighted by molar-refractivity contribution is 0.169. The molecule has 3 rings (SSSR count). The lowest BCUT2D eigenvalue weighted by Crippen LogP contribution is -2.56. The van der Waals surface area contributed by atoms with Gasteiger partial charge in [-0.1, -0.05) is 0 Å². The van der Waals surface area contributed by atoms with Crippen molar-refractivity contribution in [3.63, 3.8) is 0 Å². The van der Waals surface area contributed by atoms with Gasteiger partial charge in [-0.05, 0) is 0 Å². The van der Waals surface area contributed by atoms with Crippen molar-refractivity contribution in [2.45, 2.75) is 3.91 Å². The lowest BCUT2D eigenvalue weighted by atomic mass is 10.7. The third-order valence-electron chi connectivity index (χ3n) is 3.82. The molecule has 0 atom stereocenters. The van der Waals surface area contributed by atoms with E-state index in [0.717, 1.165) is 0 Å². The summed E-state index contributed by atoms with van der Waals surface area (Å²) in [6, 6.07) is 0. The van der Waals surface area contributed by atoms with Gasteiger partial charge in [0.25, 0.3) is 30.1 Å². The van der Waals surface area contributed by atoms with E-state index in [1.807, 2.05) is 0 Å². The number of amides is 3. The van der Waals surface area contributed by atoms with E-state index in [1.165, 1.54) is 0 Å². The summed E-state index contributed by atoms with van der Waals surface area (Å²) in [6.07, 6.45) is -4.49. The van der Waals surface area contributed by atoms with Gasteiger partial charge in [0.2, 0.25) is 0 Å². The third kappa shape index (κ3) is 3.00. The standard InChI is InChI=1S/C10H13N3O12S3/c14-7-11(1-4-23-7)26(17,18)10(27(19,20)12-2-5-24-8(12)15)28(21,22)13-3-6-25-9(13)16/h10H,1-6H2. The van der Waals surface area contributed by atoms with E-state index in [2.05, 4.69) is 14.2 Å². The molecule has 0 bridgehead atoms. The quantitative estimate of drug-likeness (QED) is 0.380. The van der Waals surface area contributed by atoms with E-state index < -0.39 is 91.7 Å². The molecule has 3 fully saturated rings. The molecule has 3 aliphatic rings. The fourth-order valence-corrected chi connectivity index (χ4v) is 10.6. The predicted octanol–water partition coefficient (Wildman–Crippen LogP) is -2.38. The van der Waals surface area contributed by atoms with Gasteiger partial charge in [0.15, 0.2) is 0 Å². The van der Waals surface area contributed by atoms with Crippen LogP contribution in [0.15, 0.2) is 0 Å². The van der Waals surface area contributed by atoms with E-state index in [9.17, 15) is 39.6 Å². The second-order valence-electron chi connectivity index (χ2n) is 5.48. The molecule has 3 aliphatic heterocycles. The van der Waals surface area contributed by atoms with Gasteiger partial charge in [-0.25, -0.2) is 39.6 Å². The first kappa shape index (κ1) is 20.4. The number of nitrogens with zero attached hydrogens (tertiary/aromatic N) is 3. The lowest BCUT2D eigenvalue weighted by Gasteiger charge is -2.27. The molecule has 15 nitrogen and oxygen atoms in total. The second-order valence-corrected chi connectivity index (χ2v) is 12.2. The van der Waals surface area contributed by atoms with Gasteiger partial charge in [-0.15, -0.1) is 0 Å². The van der Waals surface area contributed by atoms with Crippen LogP contribution in [0.5, 0.6) is 0 Å². The largest absolute Gasteiger partial charge is 0.447 e. The van der Waals surface area contributed by atoms with Crippen LogP contribution in [0, 0.1) is 0 Å². The molecule has 0 saturated carbocycles. The highest BCUT2D eigenvalue weighted by Gasteiger charge is 2.60. The molecule has 158 valence electrons. The molecule has 0 aromatic heterocycles. The van der Waals surface area contributed by atoms with Gasteiger partial charge in [0, 0.05) is 0 Å². The predicted molar refractivity (Wildman–Crippen MR) is 84.7 cm³/mol. The minimum atomic E-state index is -5.50. The van der Waals surface area contributed by atoms with E-state index in [1.54, 1.807) is 0 Å². The highest BCUT2D eigenvalue weighted by Crippen LogP contribution is 2.30. The minimum Gasteiger partial charge on any atom is -0.447 e. The Bertz CT molecular complexity index is 900. The Labute approximate surface area is 158 Å². The molecule has 0 aliphatic carbocycles. The molecule has 0 spiro atoms. The Morgan fingerprint density at radius 3 is 1.00 bits per heavy atom. The van der Waals surface area contributed by atoms with Gasteiger partial charge in [-0.2, -0.15) is 12.9 Å². The maximum absolute atomic E-state index is 12.9. The number of rotatable bonds is 6. The number of cyclic esters (lactones) is 3. The van der Waals surface area contributed by atoms with Crippen LogP contribution in [-0.4, -0.2) is 99.8 Å². The van der Waals surface area contributed by atoms with Crippen LogP contribution < -0.4 is 0 Å². The minimum absolute atomic E-state index is 0.0877. The SMILES string of the molecule is O=C1OCCN1S(=O)(=O)C(S(=O)(=O)N1CCOC1=O)S(=O)(=O)N1CCOC1=O. The summed E-state index contributed by atoms with van der Waals surface area (Å²) < 4.78 is 86.8. The highest BCUT2D eigenvalue weighted by atomic mass is 32.3. The van der Waals surface area contributed by atoms with Crippen molar-refractivity contribution < 1.29 is 53.8 Å². The molecular weight excluding hydrogens is 450 g/mol. The Hall–Kier alpha value is -2.34. The topological polar surface area (TPSA) is 191 Å². The molecule has 3 saturated heterocycles. The van der Waals surface area contributed by atoms with Gasteiger partial charge in [0.05, 0.1) is 19.6 Å². The van der Waals surface area contributed by atoms with Crippen molar-refractivity contribution in [1.29, 1.82) is 0 Å². The van der Waals surface area contributed by atoms with Crippen molar-refractivity contribution in [3.8, 4) is 0 Å². The van der Waals surface area contributed by atoms with Crippen LogP contribution in [0.1, 0.15) is 0 Å². The number of hydrogen-bond acceptors (Lipinski definition) is 12. The number of ether oxygens (including phenoxy) is 3. The summed E-state index contributed by atoms with van der Waals surface area (Å²) >= 11 is 0. The molecule has 0 unspecified atom stereocenters.